The van der Waals surface area contributed by atoms with Crippen LogP contribution in [-0.4, -0.2) is 69.8 Å². The number of hydrogen-bond acceptors (Lipinski definition) is 5. The van der Waals surface area contributed by atoms with Gasteiger partial charge in [0.1, 0.15) is 0 Å². The van der Waals surface area contributed by atoms with Gasteiger partial charge >= 0.3 is 0 Å². The minimum atomic E-state index is -2.74. The third-order valence-electron chi connectivity index (χ3n) is 11.4. The van der Waals surface area contributed by atoms with Gasteiger partial charge in [-0.1, -0.05) is 50.0 Å². The van der Waals surface area contributed by atoms with Crippen LogP contribution in [-0.2, 0) is 13.0 Å². The lowest BCUT2D eigenvalue weighted by atomic mass is 9.45. The fraction of sp³-hybridized carbons (Fsp3) is 0.571. The van der Waals surface area contributed by atoms with Crippen molar-refractivity contribution in [3.05, 3.63) is 62.4 Å². The normalized spacial score (nSPS) is 27.0. The number of benzene rings is 2. The summed E-state index contributed by atoms with van der Waals surface area (Å²) in [6.07, 6.45) is 1.80. The topological polar surface area (TPSA) is 86.0 Å². The van der Waals surface area contributed by atoms with Crippen molar-refractivity contribution in [1.82, 2.24) is 19.8 Å². The van der Waals surface area contributed by atoms with E-state index in [9.17, 15) is 18.7 Å². The van der Waals surface area contributed by atoms with Crippen LogP contribution in [0.1, 0.15) is 52.0 Å². The van der Waals surface area contributed by atoms with E-state index in [2.05, 4.69) is 31.0 Å². The van der Waals surface area contributed by atoms with Gasteiger partial charge in [-0.25, -0.2) is 18.8 Å². The van der Waals surface area contributed by atoms with E-state index in [-0.39, 0.29) is 44.1 Å². The monoisotopic (exact) mass is 686 g/mol. The molecule has 0 spiro atoms. The Hall–Kier alpha value is -2.95. The van der Waals surface area contributed by atoms with Crippen molar-refractivity contribution in [1.29, 1.82) is 0 Å². The Morgan fingerprint density at radius 3 is 2.51 bits per heavy atom. The number of aliphatic imine (C=N–C) groups is 1. The van der Waals surface area contributed by atoms with Crippen molar-refractivity contribution >= 4 is 51.7 Å². The summed E-state index contributed by atoms with van der Waals surface area (Å²) in [7, 11) is 0. The Labute approximate surface area is 283 Å². The standard InChI is InChI=1S/C35H42Cl2F2N6O2/c1-20-27-14-22(34(27,2)3)15-29(20)41-32(44-18-25(46)19-44)40-24-6-7-26-30(17-24)42-33(43-12-9-35(38,39)10-13-43)45(31(26)47)11-8-21-4-5-23(36)16-28(21)37/h4-7,16-17,20,22,25,27,29,46H,8-15,18-19H2,1-3H3,(H,40,41)/t20-,22-,27-,29+/m1/s1. The zero-order valence-corrected chi connectivity index (χ0v) is 28.5. The predicted octanol–water partition coefficient (Wildman–Crippen LogP) is 6.51. The molecule has 5 aliphatic rings. The molecule has 3 aliphatic carbocycles. The van der Waals surface area contributed by atoms with Gasteiger partial charge in [0.2, 0.25) is 5.95 Å². The Bertz CT molecular complexity index is 1760. The number of aryl methyl sites for hydroxylation is 1. The molecule has 0 amide bonds. The first-order valence-electron chi connectivity index (χ1n) is 16.7. The molecule has 2 aliphatic heterocycles. The molecule has 0 unspecified atom stereocenters. The van der Waals surface area contributed by atoms with Crippen molar-refractivity contribution in [2.45, 2.75) is 77.5 Å². The molecule has 2 bridgehead atoms. The molecule has 3 aromatic rings. The van der Waals surface area contributed by atoms with Crippen LogP contribution in [0.3, 0.4) is 0 Å². The second kappa shape index (κ2) is 12.2. The Morgan fingerprint density at radius 1 is 1.11 bits per heavy atom. The molecule has 2 aromatic carbocycles. The third-order valence-corrected chi connectivity index (χ3v) is 12.0. The number of piperidine rings is 1. The lowest BCUT2D eigenvalue weighted by Gasteiger charge is -2.62. The van der Waals surface area contributed by atoms with E-state index < -0.39 is 12.0 Å². The van der Waals surface area contributed by atoms with Crippen LogP contribution >= 0.6 is 23.2 Å². The number of aliphatic hydroxyl groups is 1. The van der Waals surface area contributed by atoms with Crippen LogP contribution in [0.15, 0.2) is 46.2 Å². The van der Waals surface area contributed by atoms with Crippen LogP contribution in [0.4, 0.5) is 20.4 Å². The average molecular weight is 688 g/mol. The van der Waals surface area contributed by atoms with Gasteiger partial charge in [0, 0.05) is 61.7 Å². The van der Waals surface area contributed by atoms with Gasteiger partial charge in [0.15, 0.2) is 5.96 Å². The summed E-state index contributed by atoms with van der Waals surface area (Å²) in [5.41, 5.74) is 2.03. The smallest absolute Gasteiger partial charge is 0.262 e. The zero-order chi connectivity index (χ0) is 33.2. The second-order valence-electron chi connectivity index (χ2n) is 14.6. The number of hydrogen-bond donors (Lipinski definition) is 2. The molecule has 1 aromatic heterocycles. The number of anilines is 1. The van der Waals surface area contributed by atoms with E-state index >= 15 is 0 Å². The fourth-order valence-corrected chi connectivity index (χ4v) is 8.65. The van der Waals surface area contributed by atoms with E-state index in [1.54, 1.807) is 33.7 Å². The predicted molar refractivity (Wildman–Crippen MR) is 183 cm³/mol. The van der Waals surface area contributed by atoms with Crippen molar-refractivity contribution in [3.8, 4) is 0 Å². The fourth-order valence-electron chi connectivity index (χ4n) is 8.15. The maximum absolute atomic E-state index is 14.1. The summed E-state index contributed by atoms with van der Waals surface area (Å²) < 4.78 is 29.9. The first kappa shape index (κ1) is 32.6. The summed E-state index contributed by atoms with van der Waals surface area (Å²) in [5, 5.41) is 15.3. The van der Waals surface area contributed by atoms with Crippen LogP contribution in [0.5, 0.6) is 0 Å². The molecule has 2 N–H and O–H groups in total. The average Bonchev–Trinajstić information content (AvgIpc) is 3.00. The number of fused-ring (bicyclic) bond motifs is 3. The van der Waals surface area contributed by atoms with Gasteiger partial charge in [-0.05, 0) is 78.3 Å². The largest absolute Gasteiger partial charge is 0.389 e. The highest BCUT2D eigenvalue weighted by Crippen LogP contribution is 2.61. The van der Waals surface area contributed by atoms with E-state index in [1.165, 1.54) is 6.42 Å². The quantitative estimate of drug-likeness (QED) is 0.227. The highest BCUT2D eigenvalue weighted by atomic mass is 35.5. The van der Waals surface area contributed by atoms with Gasteiger partial charge in [0.05, 0.1) is 22.7 Å². The Morgan fingerprint density at radius 2 is 1.85 bits per heavy atom. The molecule has 4 atom stereocenters. The number of guanidine groups is 1. The molecule has 47 heavy (non-hydrogen) atoms. The van der Waals surface area contributed by atoms with Crippen LogP contribution in [0.2, 0.25) is 10.0 Å². The summed E-state index contributed by atoms with van der Waals surface area (Å²) in [6, 6.07) is 10.9. The lowest BCUT2D eigenvalue weighted by Crippen LogP contribution is -2.64. The number of nitrogens with one attached hydrogen (secondary N) is 1. The summed E-state index contributed by atoms with van der Waals surface area (Å²) in [6.45, 7) is 8.55. The number of aromatic nitrogens is 2. The zero-order valence-electron chi connectivity index (χ0n) is 27.0. The number of aliphatic hydroxyl groups excluding tert-OH is 1. The molecule has 8 nitrogen and oxygen atoms in total. The van der Waals surface area contributed by atoms with Gasteiger partial charge in [-0.2, -0.15) is 0 Å². The highest BCUT2D eigenvalue weighted by Gasteiger charge is 2.56. The summed E-state index contributed by atoms with van der Waals surface area (Å²) >= 11 is 12.5. The number of β-amino-alcohol motifs (C(OH)–C–C–N with tert-alkyl or cyclic N) is 1. The van der Waals surface area contributed by atoms with Gasteiger partial charge < -0.3 is 20.2 Å². The van der Waals surface area contributed by atoms with Gasteiger partial charge in [-0.3, -0.25) is 9.36 Å². The van der Waals surface area contributed by atoms with Crippen molar-refractivity contribution in [3.63, 3.8) is 0 Å². The maximum atomic E-state index is 14.1. The number of alkyl halides is 2. The number of nitrogens with zero attached hydrogens (tertiary/aromatic N) is 5. The van der Waals surface area contributed by atoms with Crippen molar-refractivity contribution < 1.29 is 13.9 Å². The number of rotatable bonds is 6. The van der Waals surface area contributed by atoms with E-state index in [4.69, 9.17) is 33.2 Å². The summed E-state index contributed by atoms with van der Waals surface area (Å²) in [4.78, 5) is 27.8. The minimum absolute atomic E-state index is 0.0915. The van der Waals surface area contributed by atoms with E-state index in [0.29, 0.717) is 75.3 Å². The minimum Gasteiger partial charge on any atom is -0.389 e. The Balaban J connectivity index is 1.22. The molecular weight excluding hydrogens is 645 g/mol. The van der Waals surface area contributed by atoms with Gasteiger partial charge in [-0.15, -0.1) is 0 Å². The van der Waals surface area contributed by atoms with E-state index in [0.717, 1.165) is 17.9 Å². The SMILES string of the molecule is C[C@H]1[C@@H](NC(=Nc2ccc3c(=O)n(CCc4ccc(Cl)cc4Cl)c(N4CCC(F)(F)CC4)nc3c2)N2CC(O)C2)C[C@H]2C[C@H]1C2(C)C. The molecular formula is C35H42Cl2F2N6O2. The lowest BCUT2D eigenvalue weighted by molar-refractivity contribution is -0.112. The first-order valence-corrected chi connectivity index (χ1v) is 17.4. The molecule has 12 heteroatoms. The van der Waals surface area contributed by atoms with E-state index in [1.807, 2.05) is 12.1 Å². The van der Waals surface area contributed by atoms with Crippen LogP contribution in [0.25, 0.3) is 10.9 Å². The summed E-state index contributed by atoms with van der Waals surface area (Å²) in [5.74, 6) is 0.184. The van der Waals surface area contributed by atoms with Gasteiger partial charge in [0.25, 0.3) is 11.5 Å². The molecule has 0 radical (unpaired) electrons. The third kappa shape index (κ3) is 6.21. The van der Waals surface area contributed by atoms with Crippen LogP contribution < -0.4 is 15.8 Å². The highest BCUT2D eigenvalue weighted by molar-refractivity contribution is 6.35. The number of halogens is 4. The molecule has 3 saturated carbocycles. The van der Waals surface area contributed by atoms with Crippen molar-refractivity contribution in [2.24, 2.45) is 28.2 Å². The van der Waals surface area contributed by atoms with Crippen LogP contribution in [0, 0.1) is 23.2 Å². The maximum Gasteiger partial charge on any atom is 0.262 e. The Kier molecular flexibility index (Phi) is 8.45. The van der Waals surface area contributed by atoms with Crippen molar-refractivity contribution in [2.75, 3.05) is 31.1 Å². The first-order chi connectivity index (χ1) is 22.3. The number of likely N-dealkylation sites (tertiary alicyclic amines) is 1. The molecule has 2 saturated heterocycles. The molecule has 5 fully saturated rings. The molecule has 252 valence electrons. The molecule has 3 heterocycles. The molecule has 8 rings (SSSR count). The second-order valence-corrected chi connectivity index (χ2v) is 15.4.